The Morgan fingerprint density at radius 3 is 2.25 bits per heavy atom. The molecule has 0 aliphatic heterocycles. The Bertz CT molecular complexity index is 323. The van der Waals surface area contributed by atoms with Gasteiger partial charge in [-0.2, -0.15) is 0 Å². The van der Waals surface area contributed by atoms with Crippen LogP contribution < -0.4 is 5.32 Å². The highest BCUT2D eigenvalue weighted by Gasteiger charge is 2.18. The van der Waals surface area contributed by atoms with Crippen molar-refractivity contribution in [2.24, 2.45) is 0 Å². The maximum absolute atomic E-state index is 4.13. The largest absolute Gasteiger partial charge is 0.307 e. The lowest BCUT2D eigenvalue weighted by molar-refractivity contribution is 0.348. The van der Waals surface area contributed by atoms with Crippen molar-refractivity contribution in [1.82, 2.24) is 5.32 Å². The second kappa shape index (κ2) is 5.86. The molecule has 1 heteroatoms. The first-order valence-electron chi connectivity index (χ1n) is 6.09. The summed E-state index contributed by atoms with van der Waals surface area (Å²) in [6.45, 7) is 11.7. The summed E-state index contributed by atoms with van der Waals surface area (Å²) in [5.74, 6) is 0. The molecule has 0 saturated carbocycles. The Morgan fingerprint density at radius 2 is 1.75 bits per heavy atom. The fourth-order valence-electron chi connectivity index (χ4n) is 1.60. The Hall–Kier alpha value is -1.08. The second-order valence-electron chi connectivity index (χ2n) is 4.59. The minimum atomic E-state index is 0.234. The monoisotopic (exact) mass is 217 g/mol. The summed E-state index contributed by atoms with van der Waals surface area (Å²) in [5, 5.41) is 3.59. The molecular weight excluding hydrogens is 194 g/mol. The van der Waals surface area contributed by atoms with Crippen LogP contribution in [-0.2, 0) is 0 Å². The van der Waals surface area contributed by atoms with Crippen LogP contribution in [0.4, 0.5) is 0 Å². The average Bonchev–Trinajstić information content (AvgIpc) is 2.36. The predicted molar refractivity (Wildman–Crippen MR) is 72.5 cm³/mol. The van der Waals surface area contributed by atoms with Gasteiger partial charge in [-0.05, 0) is 30.9 Å². The van der Waals surface area contributed by atoms with Crippen molar-refractivity contribution in [3.8, 4) is 0 Å². The standard InChI is InChI=1S/C15H23N/c1-5-15(4,6-2)16-12-13(3)14-10-8-7-9-11-14/h7-11,16H,3,5-6,12H2,1-2,4H3. The van der Waals surface area contributed by atoms with E-state index in [-0.39, 0.29) is 5.54 Å². The first-order valence-corrected chi connectivity index (χ1v) is 6.09. The molecule has 0 amide bonds. The number of hydrogen-bond acceptors (Lipinski definition) is 1. The van der Waals surface area contributed by atoms with E-state index >= 15 is 0 Å². The maximum atomic E-state index is 4.13. The van der Waals surface area contributed by atoms with E-state index in [2.05, 4.69) is 56.9 Å². The van der Waals surface area contributed by atoms with E-state index in [4.69, 9.17) is 0 Å². The van der Waals surface area contributed by atoms with E-state index in [0.29, 0.717) is 0 Å². The van der Waals surface area contributed by atoms with Crippen molar-refractivity contribution in [2.75, 3.05) is 6.54 Å². The molecule has 1 rings (SSSR count). The predicted octanol–water partition coefficient (Wildman–Crippen LogP) is 3.87. The molecule has 0 aromatic heterocycles. The Labute approximate surface area is 99.6 Å². The van der Waals surface area contributed by atoms with Gasteiger partial charge in [0.25, 0.3) is 0 Å². The van der Waals surface area contributed by atoms with Crippen molar-refractivity contribution in [3.05, 3.63) is 42.5 Å². The van der Waals surface area contributed by atoms with Crippen LogP contribution in [0.3, 0.4) is 0 Å². The molecule has 0 aliphatic carbocycles. The number of nitrogens with one attached hydrogen (secondary N) is 1. The molecule has 0 saturated heterocycles. The lowest BCUT2D eigenvalue weighted by atomic mass is 9.95. The van der Waals surface area contributed by atoms with E-state index in [9.17, 15) is 0 Å². The first-order chi connectivity index (χ1) is 7.61. The fourth-order valence-corrected chi connectivity index (χ4v) is 1.60. The third-order valence-electron chi connectivity index (χ3n) is 3.47. The van der Waals surface area contributed by atoms with Crippen LogP contribution in [0.1, 0.15) is 39.2 Å². The molecule has 1 aromatic rings. The molecular formula is C15H23N. The summed E-state index contributed by atoms with van der Waals surface area (Å²) in [6.07, 6.45) is 2.29. The van der Waals surface area contributed by atoms with E-state index in [0.717, 1.165) is 25.0 Å². The summed E-state index contributed by atoms with van der Waals surface area (Å²) < 4.78 is 0. The third-order valence-corrected chi connectivity index (χ3v) is 3.47. The summed E-state index contributed by atoms with van der Waals surface area (Å²) >= 11 is 0. The zero-order valence-electron chi connectivity index (χ0n) is 10.7. The molecule has 0 atom stereocenters. The van der Waals surface area contributed by atoms with Gasteiger partial charge in [0.05, 0.1) is 0 Å². The quantitative estimate of drug-likeness (QED) is 0.762. The highest BCUT2D eigenvalue weighted by molar-refractivity contribution is 5.64. The average molecular weight is 217 g/mol. The van der Waals surface area contributed by atoms with Gasteiger partial charge in [-0.1, -0.05) is 50.8 Å². The molecule has 0 heterocycles. The topological polar surface area (TPSA) is 12.0 Å². The van der Waals surface area contributed by atoms with Crippen LogP contribution in [0.2, 0.25) is 0 Å². The molecule has 0 aliphatic rings. The fraction of sp³-hybridized carbons (Fsp3) is 0.467. The van der Waals surface area contributed by atoms with Gasteiger partial charge in [-0.25, -0.2) is 0 Å². The highest BCUT2D eigenvalue weighted by Crippen LogP contribution is 2.16. The van der Waals surface area contributed by atoms with Gasteiger partial charge in [-0.3, -0.25) is 0 Å². The minimum absolute atomic E-state index is 0.234. The molecule has 0 radical (unpaired) electrons. The Morgan fingerprint density at radius 1 is 1.19 bits per heavy atom. The van der Waals surface area contributed by atoms with E-state index in [1.165, 1.54) is 5.56 Å². The molecule has 0 bridgehead atoms. The number of hydrogen-bond donors (Lipinski definition) is 1. The number of benzene rings is 1. The minimum Gasteiger partial charge on any atom is -0.307 e. The normalized spacial score (nSPS) is 11.4. The van der Waals surface area contributed by atoms with Crippen LogP contribution in [0.5, 0.6) is 0 Å². The summed E-state index contributed by atoms with van der Waals surface area (Å²) in [5.41, 5.74) is 2.62. The van der Waals surface area contributed by atoms with Gasteiger partial charge in [0.1, 0.15) is 0 Å². The van der Waals surface area contributed by atoms with Gasteiger partial charge in [0.2, 0.25) is 0 Å². The van der Waals surface area contributed by atoms with E-state index < -0.39 is 0 Å². The van der Waals surface area contributed by atoms with E-state index in [1.54, 1.807) is 0 Å². The maximum Gasteiger partial charge on any atom is 0.0210 e. The molecule has 88 valence electrons. The number of rotatable bonds is 6. The lowest BCUT2D eigenvalue weighted by Crippen LogP contribution is -2.41. The van der Waals surface area contributed by atoms with Crippen molar-refractivity contribution < 1.29 is 0 Å². The van der Waals surface area contributed by atoms with Crippen LogP contribution in [0.15, 0.2) is 36.9 Å². The third kappa shape index (κ3) is 3.49. The Balaban J connectivity index is 2.54. The molecule has 0 fully saturated rings. The zero-order valence-corrected chi connectivity index (χ0v) is 10.7. The SMILES string of the molecule is C=C(CNC(C)(CC)CC)c1ccccc1. The van der Waals surface area contributed by atoms with Gasteiger partial charge in [0.15, 0.2) is 0 Å². The van der Waals surface area contributed by atoms with Crippen molar-refractivity contribution >= 4 is 5.57 Å². The van der Waals surface area contributed by atoms with Crippen molar-refractivity contribution in [3.63, 3.8) is 0 Å². The van der Waals surface area contributed by atoms with Gasteiger partial charge in [0, 0.05) is 12.1 Å². The van der Waals surface area contributed by atoms with Crippen LogP contribution in [0.25, 0.3) is 5.57 Å². The Kier molecular flexibility index (Phi) is 4.75. The molecule has 1 aromatic carbocycles. The van der Waals surface area contributed by atoms with Crippen molar-refractivity contribution in [1.29, 1.82) is 0 Å². The lowest BCUT2D eigenvalue weighted by Gasteiger charge is -2.29. The highest BCUT2D eigenvalue weighted by atomic mass is 15.0. The summed E-state index contributed by atoms with van der Waals surface area (Å²) in [7, 11) is 0. The summed E-state index contributed by atoms with van der Waals surface area (Å²) in [6, 6.07) is 10.4. The second-order valence-corrected chi connectivity index (χ2v) is 4.59. The van der Waals surface area contributed by atoms with Gasteiger partial charge in [-0.15, -0.1) is 0 Å². The van der Waals surface area contributed by atoms with Gasteiger partial charge < -0.3 is 5.32 Å². The molecule has 0 unspecified atom stereocenters. The zero-order chi connectivity index (χ0) is 12.0. The molecule has 1 N–H and O–H groups in total. The summed E-state index contributed by atoms with van der Waals surface area (Å²) in [4.78, 5) is 0. The van der Waals surface area contributed by atoms with E-state index in [1.807, 2.05) is 6.07 Å². The first kappa shape index (κ1) is 13.0. The van der Waals surface area contributed by atoms with Gasteiger partial charge >= 0.3 is 0 Å². The van der Waals surface area contributed by atoms with Crippen LogP contribution >= 0.6 is 0 Å². The van der Waals surface area contributed by atoms with Crippen LogP contribution in [0, 0.1) is 0 Å². The molecule has 1 nitrogen and oxygen atoms in total. The smallest absolute Gasteiger partial charge is 0.0210 e. The van der Waals surface area contributed by atoms with Crippen LogP contribution in [-0.4, -0.2) is 12.1 Å². The molecule has 0 spiro atoms. The van der Waals surface area contributed by atoms with Crippen molar-refractivity contribution in [2.45, 2.75) is 39.2 Å². The molecule has 16 heavy (non-hydrogen) atoms.